The number of nitrogens with two attached hydrogens (primary N) is 2. The molecule has 4 aromatic rings. The van der Waals surface area contributed by atoms with Crippen LogP contribution in [-0.2, 0) is 19.1 Å². The Morgan fingerprint density at radius 3 is 1.55 bits per heavy atom. The molecule has 0 spiro atoms. The topological polar surface area (TPSA) is 216 Å². The molecular formula is C38H50N12O4S2. The van der Waals surface area contributed by atoms with E-state index in [-0.39, 0.29) is 59.6 Å². The first-order valence-corrected chi connectivity index (χ1v) is 22.1. The van der Waals surface area contributed by atoms with Gasteiger partial charge < -0.3 is 40.7 Å². The zero-order valence-electron chi connectivity index (χ0n) is 31.8. The van der Waals surface area contributed by atoms with Gasteiger partial charge in [-0.2, -0.15) is 19.9 Å². The molecule has 0 aromatic carbocycles. The molecule has 4 aliphatic rings. The van der Waals surface area contributed by atoms with Crippen molar-refractivity contribution in [2.75, 3.05) is 46.8 Å². The molecule has 4 heterocycles. The highest BCUT2D eigenvalue weighted by molar-refractivity contribution is 8.76. The summed E-state index contributed by atoms with van der Waals surface area (Å²) in [5, 5.41) is 6.80. The predicted molar refractivity (Wildman–Crippen MR) is 220 cm³/mol. The highest BCUT2D eigenvalue weighted by Crippen LogP contribution is 2.35. The molecule has 18 heteroatoms. The molecule has 2 fully saturated rings. The molecular weight excluding hydrogens is 753 g/mol. The molecule has 0 bridgehead atoms. The highest BCUT2D eigenvalue weighted by atomic mass is 33.1. The molecule has 8 rings (SSSR count). The fourth-order valence-corrected chi connectivity index (χ4v) is 9.45. The number of carbonyl (C=O) groups is 2. The second kappa shape index (κ2) is 16.9. The van der Waals surface area contributed by atoms with Crippen molar-refractivity contribution in [1.82, 2.24) is 39.0 Å². The van der Waals surface area contributed by atoms with E-state index in [1.54, 1.807) is 34.2 Å². The van der Waals surface area contributed by atoms with Gasteiger partial charge in [0.05, 0.1) is 49.8 Å². The van der Waals surface area contributed by atoms with Crippen molar-refractivity contribution in [3.63, 3.8) is 0 Å². The number of anilines is 4. The van der Waals surface area contributed by atoms with Gasteiger partial charge in [-0.3, -0.25) is 9.59 Å². The summed E-state index contributed by atoms with van der Waals surface area (Å²) in [6.07, 6.45) is 19.5. The normalized spacial score (nSPS) is 22.8. The molecule has 2 unspecified atom stereocenters. The summed E-state index contributed by atoms with van der Waals surface area (Å²) in [6, 6.07) is 0.951. The second-order valence-electron chi connectivity index (χ2n) is 15.5. The van der Waals surface area contributed by atoms with E-state index in [1.165, 1.54) is 0 Å². The molecule has 2 saturated carbocycles. The van der Waals surface area contributed by atoms with Crippen LogP contribution in [0.5, 0.6) is 0 Å². The third kappa shape index (κ3) is 9.17. The number of allylic oxidation sites excluding steroid dienone is 2. The summed E-state index contributed by atoms with van der Waals surface area (Å²) in [5.74, 6) is 2.93. The van der Waals surface area contributed by atoms with Crippen LogP contribution in [0.1, 0.15) is 77.3 Å². The van der Waals surface area contributed by atoms with Crippen molar-refractivity contribution in [3.05, 3.63) is 37.0 Å². The summed E-state index contributed by atoms with van der Waals surface area (Å²) >= 11 is 0. The first-order valence-electron chi connectivity index (χ1n) is 19.7. The van der Waals surface area contributed by atoms with Crippen molar-refractivity contribution < 1.29 is 19.1 Å². The minimum atomic E-state index is -0.197. The maximum absolute atomic E-state index is 12.8. The molecule has 4 aliphatic carbocycles. The standard InChI is InChI=1S/C38H50N12O4S2/c1-21(35(51)53-17-23-3-9-27(15-23)49-19-41-29-31(43-25-5-6-25)45-37(39)47-33(29)49)11-13-55-56-14-12-22(2)36(52)54-18-24-4-10-28(16-24)50-20-42-30-32(44-26-7-8-26)46-38(40)48-34(30)50/h3-4,9-10,19-28H,5-8,11-18H2,1-2H3,(H3,39,43,45,47)(H3,40,44,46,48)/t21?,22?,23-,24-,27+,28+/m1/s1. The van der Waals surface area contributed by atoms with Crippen LogP contribution >= 0.6 is 21.6 Å². The molecule has 0 aliphatic heterocycles. The van der Waals surface area contributed by atoms with E-state index >= 15 is 0 Å². The quantitative estimate of drug-likeness (QED) is 0.0385. The van der Waals surface area contributed by atoms with E-state index in [0.29, 0.717) is 48.2 Å². The smallest absolute Gasteiger partial charge is 0.308 e. The van der Waals surface area contributed by atoms with E-state index < -0.39 is 0 Å². The lowest BCUT2D eigenvalue weighted by Gasteiger charge is -2.16. The molecule has 0 saturated heterocycles. The summed E-state index contributed by atoms with van der Waals surface area (Å²) in [7, 11) is 3.44. The number of ether oxygens (including phenoxy) is 2. The van der Waals surface area contributed by atoms with Crippen LogP contribution < -0.4 is 22.1 Å². The molecule has 0 radical (unpaired) electrons. The summed E-state index contributed by atoms with van der Waals surface area (Å²) in [6.45, 7) is 4.52. The maximum atomic E-state index is 12.8. The van der Waals surface area contributed by atoms with E-state index in [1.807, 2.05) is 23.0 Å². The maximum Gasteiger partial charge on any atom is 0.308 e. The average Bonchev–Trinajstić information content (AvgIpc) is 3.91. The molecule has 298 valence electrons. The van der Waals surface area contributed by atoms with Crippen LogP contribution in [0.4, 0.5) is 23.5 Å². The van der Waals surface area contributed by atoms with Gasteiger partial charge in [0.15, 0.2) is 34.0 Å². The fraction of sp³-hybridized carbons (Fsp3) is 0.579. The Bertz CT molecular complexity index is 1970. The lowest BCUT2D eigenvalue weighted by Crippen LogP contribution is -2.19. The van der Waals surface area contributed by atoms with Crippen LogP contribution in [0.25, 0.3) is 22.3 Å². The van der Waals surface area contributed by atoms with Crippen molar-refractivity contribution >= 4 is 79.4 Å². The fourth-order valence-electron chi connectivity index (χ4n) is 7.03. The van der Waals surface area contributed by atoms with E-state index in [2.05, 4.69) is 64.8 Å². The van der Waals surface area contributed by atoms with Gasteiger partial charge in [-0.25, -0.2) is 9.97 Å². The molecule has 6 atom stereocenters. The lowest BCUT2D eigenvalue weighted by molar-refractivity contribution is -0.149. The first kappa shape index (κ1) is 38.3. The third-order valence-corrected chi connectivity index (χ3v) is 13.2. The van der Waals surface area contributed by atoms with Crippen LogP contribution in [0.2, 0.25) is 0 Å². The number of hydrogen-bond donors (Lipinski definition) is 4. The number of nitrogens with zero attached hydrogens (tertiary/aromatic N) is 8. The molecule has 4 aromatic heterocycles. The Morgan fingerprint density at radius 2 is 1.14 bits per heavy atom. The van der Waals surface area contributed by atoms with Crippen molar-refractivity contribution in [1.29, 1.82) is 0 Å². The van der Waals surface area contributed by atoms with Crippen LogP contribution in [0, 0.1) is 23.7 Å². The van der Waals surface area contributed by atoms with E-state index in [9.17, 15) is 9.59 Å². The number of fused-ring (bicyclic) bond motifs is 2. The number of esters is 2. The van der Waals surface area contributed by atoms with Crippen LogP contribution in [0.15, 0.2) is 37.0 Å². The van der Waals surface area contributed by atoms with Gasteiger partial charge in [0.2, 0.25) is 11.9 Å². The zero-order valence-corrected chi connectivity index (χ0v) is 33.4. The van der Waals surface area contributed by atoms with Crippen molar-refractivity contribution in [3.8, 4) is 0 Å². The van der Waals surface area contributed by atoms with Crippen LogP contribution in [0.3, 0.4) is 0 Å². The van der Waals surface area contributed by atoms with Gasteiger partial charge in [-0.05, 0) is 51.4 Å². The van der Waals surface area contributed by atoms with Crippen LogP contribution in [-0.4, -0.2) is 87.8 Å². The number of carbonyl (C=O) groups excluding carboxylic acids is 2. The Morgan fingerprint density at radius 1 is 0.714 bits per heavy atom. The minimum absolute atomic E-state index is 0.0505. The second-order valence-corrected chi connectivity index (χ2v) is 18.2. The van der Waals surface area contributed by atoms with E-state index in [0.717, 1.165) is 73.9 Å². The molecule has 16 nitrogen and oxygen atoms in total. The number of aromatic nitrogens is 8. The lowest BCUT2D eigenvalue weighted by atomic mass is 10.1. The Hall–Kier alpha value is -4.58. The number of hydrogen-bond acceptors (Lipinski definition) is 16. The predicted octanol–water partition coefficient (Wildman–Crippen LogP) is 5.73. The highest BCUT2D eigenvalue weighted by Gasteiger charge is 2.29. The van der Waals surface area contributed by atoms with Crippen molar-refractivity contribution in [2.45, 2.75) is 89.4 Å². The Kier molecular flexibility index (Phi) is 11.5. The average molecular weight is 803 g/mol. The number of imidazole rings is 2. The largest absolute Gasteiger partial charge is 0.465 e. The first-order chi connectivity index (χ1) is 27.2. The van der Waals surface area contributed by atoms with Gasteiger partial charge in [0, 0.05) is 35.4 Å². The molecule has 6 N–H and O–H groups in total. The number of nitrogens with one attached hydrogen (secondary N) is 2. The van der Waals surface area contributed by atoms with Crippen molar-refractivity contribution in [2.24, 2.45) is 23.7 Å². The Balaban J connectivity index is 0.686. The zero-order chi connectivity index (χ0) is 38.8. The number of nitrogen functional groups attached to an aromatic ring is 2. The molecule has 56 heavy (non-hydrogen) atoms. The van der Waals surface area contributed by atoms with Gasteiger partial charge in [0.25, 0.3) is 0 Å². The molecule has 0 amide bonds. The van der Waals surface area contributed by atoms with E-state index in [4.69, 9.17) is 20.9 Å². The Labute approximate surface area is 333 Å². The van der Waals surface area contributed by atoms with Gasteiger partial charge in [0.1, 0.15) is 0 Å². The number of rotatable bonds is 19. The third-order valence-electron chi connectivity index (χ3n) is 10.8. The van der Waals surface area contributed by atoms with Gasteiger partial charge >= 0.3 is 11.9 Å². The summed E-state index contributed by atoms with van der Waals surface area (Å²) in [5.41, 5.74) is 14.9. The van der Waals surface area contributed by atoms with Gasteiger partial charge in [-0.15, -0.1) is 0 Å². The summed E-state index contributed by atoms with van der Waals surface area (Å²) in [4.78, 5) is 52.4. The SMILES string of the molecule is CC(CCSSCCC(C)C(=O)OC[C@@H]1C=C[C@H](n2cnc3c(NC4CC4)nc(N)nc32)C1)C(=O)OC[C@@H]1C=C[C@H](n2cnc3c(NC4CC4)nc(N)nc32)C1. The summed E-state index contributed by atoms with van der Waals surface area (Å²) < 4.78 is 15.5. The monoisotopic (exact) mass is 802 g/mol. The van der Waals surface area contributed by atoms with Gasteiger partial charge in [-0.1, -0.05) is 59.7 Å². The minimum Gasteiger partial charge on any atom is -0.465 e.